The van der Waals surface area contributed by atoms with E-state index in [4.69, 9.17) is 14.6 Å². The van der Waals surface area contributed by atoms with Crippen molar-refractivity contribution in [2.75, 3.05) is 20.0 Å². The number of carbonyl (C=O) groups excluding carboxylic acids is 1. The Morgan fingerprint density at radius 3 is 2.09 bits per heavy atom. The molecule has 0 aliphatic heterocycles. The highest BCUT2D eigenvalue weighted by molar-refractivity contribution is 8.13. The lowest BCUT2D eigenvalue weighted by Crippen LogP contribution is -2.21. The number of ether oxygens (including phenoxy) is 2. The van der Waals surface area contributed by atoms with E-state index in [2.05, 4.69) is 0 Å². The maximum absolute atomic E-state index is 11.1. The predicted octanol–water partition coefficient (Wildman–Crippen LogP) is 1.47. The van der Waals surface area contributed by atoms with Crippen LogP contribution in [0.25, 0.3) is 0 Å². The number of carbonyl (C=O) groups is 2. The number of aliphatic hydroxyl groups is 2. The van der Waals surface area contributed by atoms with Gasteiger partial charge >= 0.3 is 5.97 Å². The maximum Gasteiger partial charge on any atom is 0.335 e. The Labute approximate surface area is 138 Å². The molecule has 0 bridgehead atoms. The Hall–Kier alpha value is -1.77. The van der Waals surface area contributed by atoms with Crippen LogP contribution < -0.4 is 9.47 Å². The first-order valence-electron chi connectivity index (χ1n) is 6.80. The third-order valence-corrected chi connectivity index (χ3v) is 4.02. The lowest BCUT2D eigenvalue weighted by Gasteiger charge is -2.22. The fraction of sp³-hybridized carbons (Fsp3) is 0.467. The van der Waals surface area contributed by atoms with E-state index >= 15 is 0 Å². The van der Waals surface area contributed by atoms with E-state index in [-0.39, 0.29) is 34.2 Å². The number of benzene rings is 1. The van der Waals surface area contributed by atoms with E-state index < -0.39 is 18.2 Å². The molecule has 0 heterocycles. The second-order valence-electron chi connectivity index (χ2n) is 4.74. The lowest BCUT2D eigenvalue weighted by molar-refractivity contribution is -0.109. The van der Waals surface area contributed by atoms with E-state index in [0.29, 0.717) is 5.75 Å². The molecule has 7 nitrogen and oxygen atoms in total. The number of hydrogen-bond acceptors (Lipinski definition) is 7. The molecule has 0 saturated heterocycles. The fourth-order valence-electron chi connectivity index (χ4n) is 2.03. The molecule has 0 radical (unpaired) electrons. The summed E-state index contributed by atoms with van der Waals surface area (Å²) in [5.41, 5.74) is 0.108. The molecule has 0 spiro atoms. The van der Waals surface area contributed by atoms with Gasteiger partial charge in [0.2, 0.25) is 0 Å². The van der Waals surface area contributed by atoms with E-state index in [1.807, 2.05) is 0 Å². The molecule has 0 fully saturated rings. The van der Waals surface area contributed by atoms with E-state index in [1.165, 1.54) is 33.3 Å². The van der Waals surface area contributed by atoms with Gasteiger partial charge in [0.15, 0.2) is 5.12 Å². The van der Waals surface area contributed by atoms with Crippen LogP contribution in [0.3, 0.4) is 0 Å². The van der Waals surface area contributed by atoms with Crippen LogP contribution in [-0.4, -0.2) is 52.5 Å². The monoisotopic (exact) mass is 344 g/mol. The first-order chi connectivity index (χ1) is 10.8. The standard InChI is InChI=1S/C15H20O7S/c1-8(16)23-5-4-10(17)14(18)13-11(21-2)6-9(15(19)20)7-12(13)22-3/h6-7,10,14,17-18H,4-5H2,1-3H3,(H,19,20). The van der Waals surface area contributed by atoms with Crippen LogP contribution in [0.1, 0.15) is 35.4 Å². The third kappa shape index (κ3) is 5.12. The summed E-state index contributed by atoms with van der Waals surface area (Å²) in [6.07, 6.45) is -2.31. The molecule has 0 amide bonds. The minimum atomic E-state index is -1.34. The average molecular weight is 344 g/mol. The molecule has 128 valence electrons. The summed E-state index contributed by atoms with van der Waals surface area (Å²) in [5, 5.41) is 29.5. The van der Waals surface area contributed by atoms with Gasteiger partial charge in [-0.05, 0) is 18.6 Å². The van der Waals surface area contributed by atoms with Crippen LogP contribution >= 0.6 is 11.8 Å². The van der Waals surface area contributed by atoms with Gasteiger partial charge in [0.05, 0.1) is 31.5 Å². The number of methoxy groups -OCH3 is 2. The summed E-state index contributed by atoms with van der Waals surface area (Å²) in [7, 11) is 2.66. The molecule has 1 aromatic rings. The van der Waals surface area contributed by atoms with Gasteiger partial charge in [0.25, 0.3) is 0 Å². The Morgan fingerprint density at radius 1 is 1.17 bits per heavy atom. The quantitative estimate of drug-likeness (QED) is 0.650. The normalized spacial score (nSPS) is 13.3. The second-order valence-corrected chi connectivity index (χ2v) is 6.01. The first kappa shape index (κ1) is 19.3. The Balaban J connectivity index is 3.08. The summed E-state index contributed by atoms with van der Waals surface area (Å²) in [6.45, 7) is 1.42. The van der Waals surface area contributed by atoms with Crippen molar-refractivity contribution in [1.82, 2.24) is 0 Å². The molecule has 2 unspecified atom stereocenters. The predicted molar refractivity (Wildman–Crippen MR) is 85.2 cm³/mol. The van der Waals surface area contributed by atoms with Crippen molar-refractivity contribution in [3.05, 3.63) is 23.3 Å². The molecule has 3 N–H and O–H groups in total. The van der Waals surface area contributed by atoms with Crippen molar-refractivity contribution in [2.24, 2.45) is 0 Å². The van der Waals surface area contributed by atoms with Crippen molar-refractivity contribution in [3.8, 4) is 11.5 Å². The molecule has 0 saturated carbocycles. The SMILES string of the molecule is COc1cc(C(=O)O)cc(OC)c1C(O)C(O)CCSC(C)=O. The Kier molecular flexibility index (Phi) is 7.34. The number of thioether (sulfide) groups is 1. The largest absolute Gasteiger partial charge is 0.496 e. The fourth-order valence-corrected chi connectivity index (χ4v) is 2.67. The summed E-state index contributed by atoms with van der Waals surface area (Å²) >= 11 is 1.05. The molecule has 8 heteroatoms. The first-order valence-corrected chi connectivity index (χ1v) is 7.79. The molecule has 23 heavy (non-hydrogen) atoms. The van der Waals surface area contributed by atoms with Crippen LogP contribution in [0.15, 0.2) is 12.1 Å². The van der Waals surface area contributed by atoms with Gasteiger partial charge in [-0.2, -0.15) is 0 Å². The van der Waals surface area contributed by atoms with Crippen molar-refractivity contribution in [2.45, 2.75) is 25.6 Å². The van der Waals surface area contributed by atoms with Crippen LogP contribution in [0, 0.1) is 0 Å². The lowest BCUT2D eigenvalue weighted by atomic mass is 9.98. The Morgan fingerprint density at radius 2 is 1.70 bits per heavy atom. The highest BCUT2D eigenvalue weighted by Gasteiger charge is 2.27. The topological polar surface area (TPSA) is 113 Å². The molecule has 1 aromatic carbocycles. The van der Waals surface area contributed by atoms with Gasteiger partial charge < -0.3 is 24.8 Å². The van der Waals surface area contributed by atoms with Gasteiger partial charge in [0, 0.05) is 12.7 Å². The summed E-state index contributed by atoms with van der Waals surface area (Å²) in [6, 6.07) is 2.50. The zero-order valence-corrected chi connectivity index (χ0v) is 13.9. The highest BCUT2D eigenvalue weighted by atomic mass is 32.2. The van der Waals surface area contributed by atoms with Gasteiger partial charge in [-0.3, -0.25) is 4.79 Å². The average Bonchev–Trinajstić information content (AvgIpc) is 2.51. The minimum absolute atomic E-state index is 0.0590. The Bertz CT molecular complexity index is 548. The number of carboxylic acids is 1. The molecular weight excluding hydrogens is 324 g/mol. The van der Waals surface area contributed by atoms with Crippen LogP contribution in [0.2, 0.25) is 0 Å². The molecule has 0 aliphatic carbocycles. The smallest absolute Gasteiger partial charge is 0.335 e. The van der Waals surface area contributed by atoms with Crippen molar-refractivity contribution >= 4 is 22.8 Å². The van der Waals surface area contributed by atoms with Gasteiger partial charge in [-0.1, -0.05) is 11.8 Å². The second kappa shape index (κ2) is 8.76. The number of aromatic carboxylic acids is 1. The number of aliphatic hydroxyl groups excluding tert-OH is 2. The highest BCUT2D eigenvalue weighted by Crippen LogP contribution is 2.37. The third-order valence-electron chi connectivity index (χ3n) is 3.17. The van der Waals surface area contributed by atoms with Crippen molar-refractivity contribution in [1.29, 1.82) is 0 Å². The minimum Gasteiger partial charge on any atom is -0.496 e. The molecule has 1 rings (SSSR count). The number of rotatable bonds is 8. The van der Waals surface area contributed by atoms with Gasteiger partial charge in [0.1, 0.15) is 17.6 Å². The molecule has 0 aromatic heterocycles. The molecule has 0 aliphatic rings. The van der Waals surface area contributed by atoms with E-state index in [1.54, 1.807) is 0 Å². The van der Waals surface area contributed by atoms with E-state index in [0.717, 1.165) is 11.8 Å². The van der Waals surface area contributed by atoms with Crippen LogP contribution in [0.4, 0.5) is 0 Å². The number of carboxylic acid groups (broad SMARTS) is 1. The van der Waals surface area contributed by atoms with Crippen molar-refractivity contribution in [3.63, 3.8) is 0 Å². The summed E-state index contributed by atoms with van der Waals surface area (Å²) in [4.78, 5) is 22.0. The summed E-state index contributed by atoms with van der Waals surface area (Å²) in [5.74, 6) is -0.605. The number of hydrogen-bond donors (Lipinski definition) is 3. The van der Waals surface area contributed by atoms with E-state index in [9.17, 15) is 19.8 Å². The van der Waals surface area contributed by atoms with Crippen LogP contribution in [-0.2, 0) is 4.79 Å². The summed E-state index contributed by atoms with van der Waals surface area (Å²) < 4.78 is 10.2. The van der Waals surface area contributed by atoms with Crippen molar-refractivity contribution < 1.29 is 34.4 Å². The van der Waals surface area contributed by atoms with Gasteiger partial charge in [-0.25, -0.2) is 4.79 Å². The maximum atomic E-state index is 11.1. The molecule has 2 atom stereocenters. The van der Waals surface area contributed by atoms with Gasteiger partial charge in [-0.15, -0.1) is 0 Å². The molecular formula is C15H20O7S. The van der Waals surface area contributed by atoms with Crippen LogP contribution in [0.5, 0.6) is 11.5 Å². The zero-order valence-electron chi connectivity index (χ0n) is 13.1. The zero-order chi connectivity index (χ0) is 17.6.